The zero-order valence-electron chi connectivity index (χ0n) is 7.55. The van der Waals surface area contributed by atoms with Crippen LogP contribution in [0.5, 0.6) is 0 Å². The summed E-state index contributed by atoms with van der Waals surface area (Å²) >= 11 is 11.3. The van der Waals surface area contributed by atoms with Gasteiger partial charge in [0.25, 0.3) is 5.24 Å². The molecule has 1 heterocycles. The lowest BCUT2D eigenvalue weighted by molar-refractivity contribution is -0.110. The van der Waals surface area contributed by atoms with Gasteiger partial charge in [-0.15, -0.1) is 0 Å². The van der Waals surface area contributed by atoms with Crippen LogP contribution in [0, 0.1) is 0 Å². The molecule has 0 spiro atoms. The van der Waals surface area contributed by atoms with Gasteiger partial charge in [-0.05, 0) is 24.1 Å². The van der Waals surface area contributed by atoms with Crippen molar-refractivity contribution < 1.29 is 4.79 Å². The van der Waals surface area contributed by atoms with Gasteiger partial charge in [0.1, 0.15) is 5.70 Å². The lowest BCUT2D eigenvalue weighted by atomic mass is 10.1. The number of allylic oxidation sites excluding steroid dienone is 3. The Balaban J connectivity index is 3.00. The summed E-state index contributed by atoms with van der Waals surface area (Å²) in [5.41, 5.74) is 0.387. The SMILES string of the molecule is CCC1C=CC(Cl)=C(C(=O)Cl)N1C. The third kappa shape index (κ3) is 2.06. The van der Waals surface area contributed by atoms with E-state index in [0.717, 1.165) is 6.42 Å². The summed E-state index contributed by atoms with van der Waals surface area (Å²) in [4.78, 5) is 12.8. The molecule has 0 aromatic carbocycles. The molecule has 1 unspecified atom stereocenters. The summed E-state index contributed by atoms with van der Waals surface area (Å²) in [6.07, 6.45) is 4.61. The molecule has 1 rings (SSSR count). The maximum absolute atomic E-state index is 11.0. The average molecular weight is 220 g/mol. The molecular weight excluding hydrogens is 209 g/mol. The van der Waals surface area contributed by atoms with Crippen molar-refractivity contribution in [2.24, 2.45) is 0 Å². The lowest BCUT2D eigenvalue weighted by Crippen LogP contribution is -2.33. The summed E-state index contributed by atoms with van der Waals surface area (Å²) in [6.45, 7) is 2.04. The molecule has 1 aliphatic heterocycles. The van der Waals surface area contributed by atoms with Crippen LogP contribution >= 0.6 is 23.2 Å². The smallest absolute Gasteiger partial charge is 0.270 e. The van der Waals surface area contributed by atoms with Crippen LogP contribution in [0.15, 0.2) is 22.9 Å². The van der Waals surface area contributed by atoms with Gasteiger partial charge in [0.05, 0.1) is 5.03 Å². The zero-order valence-corrected chi connectivity index (χ0v) is 9.06. The van der Waals surface area contributed by atoms with Crippen molar-refractivity contribution in [2.75, 3.05) is 7.05 Å². The van der Waals surface area contributed by atoms with Crippen LogP contribution in [-0.4, -0.2) is 23.2 Å². The third-order valence-electron chi connectivity index (χ3n) is 2.15. The highest BCUT2D eigenvalue weighted by atomic mass is 35.5. The molecule has 0 saturated carbocycles. The molecule has 0 radical (unpaired) electrons. The molecule has 0 saturated heterocycles. The van der Waals surface area contributed by atoms with Crippen molar-refractivity contribution in [3.05, 3.63) is 22.9 Å². The van der Waals surface area contributed by atoms with Crippen molar-refractivity contribution in [2.45, 2.75) is 19.4 Å². The Morgan fingerprint density at radius 3 is 2.77 bits per heavy atom. The molecule has 0 aromatic heterocycles. The predicted octanol–water partition coefficient (Wildman–Crippen LogP) is 2.48. The zero-order chi connectivity index (χ0) is 10.0. The number of carbonyl (C=O) groups is 1. The summed E-state index contributed by atoms with van der Waals surface area (Å²) in [7, 11) is 1.82. The van der Waals surface area contributed by atoms with E-state index in [1.165, 1.54) is 0 Å². The highest BCUT2D eigenvalue weighted by molar-refractivity contribution is 6.68. The number of carbonyl (C=O) groups excluding carboxylic acids is 1. The molecule has 0 aromatic rings. The largest absolute Gasteiger partial charge is 0.363 e. The van der Waals surface area contributed by atoms with E-state index in [9.17, 15) is 4.79 Å². The number of nitrogens with zero attached hydrogens (tertiary/aromatic N) is 1. The van der Waals surface area contributed by atoms with Crippen LogP contribution in [0.25, 0.3) is 0 Å². The van der Waals surface area contributed by atoms with Gasteiger partial charge >= 0.3 is 0 Å². The van der Waals surface area contributed by atoms with Gasteiger partial charge < -0.3 is 4.90 Å². The maximum Gasteiger partial charge on any atom is 0.270 e. The van der Waals surface area contributed by atoms with Crippen LogP contribution < -0.4 is 0 Å². The summed E-state index contributed by atoms with van der Waals surface area (Å²) in [6, 6.07) is 0.209. The van der Waals surface area contributed by atoms with Gasteiger partial charge in [0.15, 0.2) is 0 Å². The third-order valence-corrected chi connectivity index (χ3v) is 2.63. The molecule has 0 fully saturated rings. The van der Waals surface area contributed by atoms with E-state index in [0.29, 0.717) is 10.7 Å². The topological polar surface area (TPSA) is 20.3 Å². The molecule has 0 amide bonds. The van der Waals surface area contributed by atoms with Crippen LogP contribution in [0.3, 0.4) is 0 Å². The van der Waals surface area contributed by atoms with Crippen molar-refractivity contribution in [3.8, 4) is 0 Å². The molecule has 72 valence electrons. The Morgan fingerprint density at radius 1 is 1.69 bits per heavy atom. The molecule has 1 aliphatic rings. The summed E-state index contributed by atoms with van der Waals surface area (Å²) < 4.78 is 0. The van der Waals surface area contributed by atoms with Crippen LogP contribution in [0.2, 0.25) is 0 Å². The minimum absolute atomic E-state index is 0.209. The highest BCUT2D eigenvalue weighted by Crippen LogP contribution is 2.25. The van der Waals surface area contributed by atoms with Crippen molar-refractivity contribution in [3.63, 3.8) is 0 Å². The first-order valence-corrected chi connectivity index (χ1v) is 4.84. The second-order valence-electron chi connectivity index (χ2n) is 2.92. The molecule has 13 heavy (non-hydrogen) atoms. The first kappa shape index (κ1) is 10.6. The van der Waals surface area contributed by atoms with Gasteiger partial charge in [0.2, 0.25) is 0 Å². The molecule has 4 heteroatoms. The Morgan fingerprint density at radius 2 is 2.31 bits per heavy atom. The first-order chi connectivity index (χ1) is 6.07. The Kier molecular flexibility index (Phi) is 3.40. The van der Waals surface area contributed by atoms with E-state index in [1.807, 2.05) is 20.0 Å². The van der Waals surface area contributed by atoms with E-state index >= 15 is 0 Å². The minimum atomic E-state index is -0.504. The number of likely N-dealkylation sites (N-methyl/N-ethyl adjacent to an activating group) is 1. The van der Waals surface area contributed by atoms with E-state index in [2.05, 4.69) is 0 Å². The molecule has 0 N–H and O–H groups in total. The summed E-state index contributed by atoms with van der Waals surface area (Å²) in [5.74, 6) is 0. The quantitative estimate of drug-likeness (QED) is 0.666. The number of hydrogen-bond donors (Lipinski definition) is 0. The van der Waals surface area contributed by atoms with Crippen molar-refractivity contribution >= 4 is 28.4 Å². The number of rotatable bonds is 2. The molecule has 0 bridgehead atoms. The second kappa shape index (κ2) is 4.16. The van der Waals surface area contributed by atoms with Gasteiger partial charge in [-0.1, -0.05) is 24.6 Å². The fourth-order valence-corrected chi connectivity index (χ4v) is 1.96. The van der Waals surface area contributed by atoms with Gasteiger partial charge in [-0.2, -0.15) is 0 Å². The molecule has 0 aliphatic carbocycles. The van der Waals surface area contributed by atoms with Crippen LogP contribution in [0.1, 0.15) is 13.3 Å². The van der Waals surface area contributed by atoms with E-state index in [4.69, 9.17) is 23.2 Å². The lowest BCUT2D eigenvalue weighted by Gasteiger charge is -2.30. The van der Waals surface area contributed by atoms with Gasteiger partial charge in [0, 0.05) is 13.1 Å². The number of halogens is 2. The van der Waals surface area contributed by atoms with E-state index in [1.54, 1.807) is 11.0 Å². The second-order valence-corrected chi connectivity index (χ2v) is 3.67. The number of hydrogen-bond acceptors (Lipinski definition) is 2. The van der Waals surface area contributed by atoms with Gasteiger partial charge in [-0.3, -0.25) is 4.79 Å². The van der Waals surface area contributed by atoms with Crippen LogP contribution in [0.4, 0.5) is 0 Å². The molecular formula is C9H11Cl2NO. The molecule has 2 nitrogen and oxygen atoms in total. The van der Waals surface area contributed by atoms with E-state index in [-0.39, 0.29) is 6.04 Å². The summed E-state index contributed by atoms with van der Waals surface area (Å²) in [5, 5.41) is -0.0949. The fourth-order valence-electron chi connectivity index (χ4n) is 1.38. The van der Waals surface area contributed by atoms with Crippen LogP contribution in [-0.2, 0) is 4.79 Å². The Hall–Kier alpha value is -0.470. The first-order valence-electron chi connectivity index (χ1n) is 4.08. The monoisotopic (exact) mass is 219 g/mol. The van der Waals surface area contributed by atoms with Gasteiger partial charge in [-0.25, -0.2) is 0 Å². The normalized spacial score (nSPS) is 22.5. The average Bonchev–Trinajstić information content (AvgIpc) is 2.04. The minimum Gasteiger partial charge on any atom is -0.363 e. The standard InChI is InChI=1S/C9H11Cl2NO/c1-3-6-4-5-7(10)8(9(11)13)12(6)2/h4-6H,3H2,1-2H3. The van der Waals surface area contributed by atoms with Crippen molar-refractivity contribution in [1.82, 2.24) is 4.90 Å². The fraction of sp³-hybridized carbons (Fsp3) is 0.444. The molecule has 1 atom stereocenters. The van der Waals surface area contributed by atoms with Crippen molar-refractivity contribution in [1.29, 1.82) is 0 Å². The highest BCUT2D eigenvalue weighted by Gasteiger charge is 2.23. The predicted molar refractivity (Wildman–Crippen MR) is 54.7 cm³/mol. The Bertz CT molecular complexity index is 283. The van der Waals surface area contributed by atoms with E-state index < -0.39 is 5.24 Å². The maximum atomic E-state index is 11.0. The Labute approximate surface area is 87.8 Å².